The van der Waals surface area contributed by atoms with Crippen LogP contribution in [0.1, 0.15) is 52.5 Å². The molecule has 32 heavy (non-hydrogen) atoms. The number of hydrogen-bond acceptors (Lipinski definition) is 6. The number of aliphatic hydroxyl groups excluding tert-OH is 1. The second-order valence-corrected chi connectivity index (χ2v) is 9.05. The number of amides is 2. The normalized spacial score (nSPS) is 15.0. The van der Waals surface area contributed by atoms with Crippen LogP contribution in [-0.2, 0) is 25.5 Å². The highest BCUT2D eigenvalue weighted by Gasteiger charge is 2.30. The maximum absolute atomic E-state index is 12.9. The fourth-order valence-electron chi connectivity index (χ4n) is 3.56. The molecule has 8 heteroatoms. The molecule has 0 bridgehead atoms. The summed E-state index contributed by atoms with van der Waals surface area (Å²) in [5.74, 6) is -1.31. The van der Waals surface area contributed by atoms with E-state index in [0.29, 0.717) is 12.3 Å². The van der Waals surface area contributed by atoms with Gasteiger partial charge < -0.3 is 26.2 Å². The molecule has 5 N–H and O–H groups in total. The molecular formula is C24H39N3O5. The zero-order chi connectivity index (χ0) is 24.3. The van der Waals surface area contributed by atoms with Crippen molar-refractivity contribution in [2.75, 3.05) is 7.11 Å². The minimum absolute atomic E-state index is 0.146. The van der Waals surface area contributed by atoms with Gasteiger partial charge in [-0.2, -0.15) is 0 Å². The van der Waals surface area contributed by atoms with Crippen LogP contribution in [0.3, 0.4) is 0 Å². The number of methoxy groups -OCH3 is 1. The molecule has 0 spiro atoms. The molecule has 0 aliphatic carbocycles. The lowest BCUT2D eigenvalue weighted by Gasteiger charge is -2.25. The lowest BCUT2D eigenvalue weighted by Crippen LogP contribution is -2.54. The molecule has 0 fully saturated rings. The summed E-state index contributed by atoms with van der Waals surface area (Å²) in [5.41, 5.74) is 6.88. The summed E-state index contributed by atoms with van der Waals surface area (Å²) in [7, 11) is 1.26. The molecule has 1 aromatic rings. The molecule has 0 heterocycles. The Morgan fingerprint density at radius 3 is 2.19 bits per heavy atom. The molecule has 1 aromatic carbocycles. The quantitative estimate of drug-likeness (QED) is 0.338. The predicted molar refractivity (Wildman–Crippen MR) is 124 cm³/mol. The van der Waals surface area contributed by atoms with Gasteiger partial charge in [0.25, 0.3) is 0 Å². The number of ether oxygens (including phenoxy) is 1. The molecule has 0 radical (unpaired) electrons. The van der Waals surface area contributed by atoms with Crippen LogP contribution in [0.5, 0.6) is 0 Å². The van der Waals surface area contributed by atoms with Crippen molar-refractivity contribution in [3.8, 4) is 0 Å². The molecular weight excluding hydrogens is 410 g/mol. The molecule has 180 valence electrons. The molecule has 0 saturated carbocycles. The van der Waals surface area contributed by atoms with E-state index in [1.807, 2.05) is 44.2 Å². The number of aliphatic hydroxyl groups is 1. The smallest absolute Gasteiger partial charge is 0.328 e. The molecule has 2 unspecified atom stereocenters. The predicted octanol–water partition coefficient (Wildman–Crippen LogP) is 1.54. The fraction of sp³-hybridized carbons (Fsp3) is 0.625. The monoisotopic (exact) mass is 449 g/mol. The van der Waals surface area contributed by atoms with Crippen molar-refractivity contribution in [2.24, 2.45) is 17.6 Å². The van der Waals surface area contributed by atoms with E-state index in [0.717, 1.165) is 12.0 Å². The van der Waals surface area contributed by atoms with E-state index in [4.69, 9.17) is 10.5 Å². The number of carbonyl (C=O) groups excluding carboxylic acids is 3. The van der Waals surface area contributed by atoms with Crippen LogP contribution >= 0.6 is 0 Å². The number of rotatable bonds is 13. The molecule has 0 saturated heterocycles. The third-order valence-electron chi connectivity index (χ3n) is 5.12. The van der Waals surface area contributed by atoms with Crippen molar-refractivity contribution < 1.29 is 24.2 Å². The summed E-state index contributed by atoms with van der Waals surface area (Å²) in [6, 6.07) is 7.34. The summed E-state index contributed by atoms with van der Waals surface area (Å²) in [6.45, 7) is 7.68. The van der Waals surface area contributed by atoms with Gasteiger partial charge in [-0.3, -0.25) is 9.59 Å². The molecule has 2 amide bonds. The third-order valence-corrected chi connectivity index (χ3v) is 5.12. The Morgan fingerprint density at radius 1 is 1.03 bits per heavy atom. The van der Waals surface area contributed by atoms with Gasteiger partial charge in [0.05, 0.1) is 19.6 Å². The first-order valence-corrected chi connectivity index (χ1v) is 11.2. The zero-order valence-corrected chi connectivity index (χ0v) is 19.8. The van der Waals surface area contributed by atoms with Gasteiger partial charge in [-0.05, 0) is 30.2 Å². The maximum Gasteiger partial charge on any atom is 0.328 e. The Kier molecular flexibility index (Phi) is 11.9. The first-order valence-electron chi connectivity index (χ1n) is 11.2. The van der Waals surface area contributed by atoms with Crippen molar-refractivity contribution in [2.45, 2.75) is 77.6 Å². The number of nitrogens with one attached hydrogen (secondary N) is 2. The van der Waals surface area contributed by atoms with Crippen molar-refractivity contribution in [1.82, 2.24) is 10.6 Å². The second kappa shape index (κ2) is 13.9. The number of nitrogens with two attached hydrogens (primary N) is 1. The fourth-order valence-corrected chi connectivity index (χ4v) is 3.56. The highest BCUT2D eigenvalue weighted by Crippen LogP contribution is 2.11. The average Bonchev–Trinajstić information content (AvgIpc) is 2.70. The maximum atomic E-state index is 12.9. The lowest BCUT2D eigenvalue weighted by molar-refractivity contribution is -0.145. The van der Waals surface area contributed by atoms with E-state index >= 15 is 0 Å². The summed E-state index contributed by atoms with van der Waals surface area (Å²) < 4.78 is 4.84. The highest BCUT2D eigenvalue weighted by atomic mass is 16.5. The number of esters is 1. The standard InChI is InChI=1S/C24H39N3O5/c1-15(2)11-18(25)13-19(28)14-21(29)27-22(16(3)4)23(30)26-20(24(31)32-5)12-17-9-7-6-8-10-17/h6-10,15-16,18-20,22,28H,11-14,25H2,1-5H3,(H,26,30)(H,27,29)/t18?,19?,20-,22-/m0/s1. The Labute approximate surface area is 191 Å². The van der Waals surface area contributed by atoms with Gasteiger partial charge in [0, 0.05) is 12.5 Å². The Balaban J connectivity index is 2.74. The first kappa shape index (κ1) is 27.6. The third kappa shape index (κ3) is 10.2. The number of benzene rings is 1. The minimum Gasteiger partial charge on any atom is -0.467 e. The van der Waals surface area contributed by atoms with Gasteiger partial charge in [0.1, 0.15) is 12.1 Å². The van der Waals surface area contributed by atoms with Crippen LogP contribution in [0.2, 0.25) is 0 Å². The van der Waals surface area contributed by atoms with E-state index in [1.54, 1.807) is 13.8 Å². The van der Waals surface area contributed by atoms with Gasteiger partial charge in [-0.25, -0.2) is 4.79 Å². The van der Waals surface area contributed by atoms with Gasteiger partial charge >= 0.3 is 5.97 Å². The van der Waals surface area contributed by atoms with Crippen molar-refractivity contribution >= 4 is 17.8 Å². The van der Waals surface area contributed by atoms with Crippen LogP contribution in [0.15, 0.2) is 30.3 Å². The van der Waals surface area contributed by atoms with Gasteiger partial charge in [0.15, 0.2) is 0 Å². The van der Waals surface area contributed by atoms with E-state index < -0.39 is 36.0 Å². The SMILES string of the molecule is COC(=O)[C@H](Cc1ccccc1)NC(=O)[C@@H](NC(=O)CC(O)CC(N)CC(C)C)C(C)C. The van der Waals surface area contributed by atoms with Gasteiger partial charge in [0.2, 0.25) is 11.8 Å². The first-order chi connectivity index (χ1) is 15.0. The van der Waals surface area contributed by atoms with Crippen LogP contribution in [0, 0.1) is 11.8 Å². The number of carbonyl (C=O) groups is 3. The van der Waals surface area contributed by atoms with Crippen molar-refractivity contribution in [3.63, 3.8) is 0 Å². The molecule has 8 nitrogen and oxygen atoms in total. The van der Waals surface area contributed by atoms with Crippen LogP contribution in [-0.4, -0.2) is 54.2 Å². The largest absolute Gasteiger partial charge is 0.467 e. The van der Waals surface area contributed by atoms with E-state index in [1.165, 1.54) is 7.11 Å². The van der Waals surface area contributed by atoms with E-state index in [2.05, 4.69) is 10.6 Å². The van der Waals surface area contributed by atoms with E-state index in [-0.39, 0.29) is 24.8 Å². The summed E-state index contributed by atoms with van der Waals surface area (Å²) >= 11 is 0. The Morgan fingerprint density at radius 2 is 1.66 bits per heavy atom. The molecule has 4 atom stereocenters. The average molecular weight is 450 g/mol. The van der Waals surface area contributed by atoms with Gasteiger partial charge in [-0.1, -0.05) is 58.0 Å². The molecule has 1 rings (SSSR count). The Hall–Kier alpha value is -2.45. The van der Waals surface area contributed by atoms with E-state index in [9.17, 15) is 19.5 Å². The summed E-state index contributed by atoms with van der Waals surface area (Å²) in [5, 5.41) is 15.6. The molecule has 0 aromatic heterocycles. The topological polar surface area (TPSA) is 131 Å². The summed E-state index contributed by atoms with van der Waals surface area (Å²) in [6.07, 6.45) is 0.301. The lowest BCUT2D eigenvalue weighted by atomic mass is 9.97. The van der Waals surface area contributed by atoms with Crippen LogP contribution in [0.25, 0.3) is 0 Å². The minimum atomic E-state index is -0.888. The zero-order valence-electron chi connectivity index (χ0n) is 19.8. The van der Waals surface area contributed by atoms with Crippen LogP contribution < -0.4 is 16.4 Å². The van der Waals surface area contributed by atoms with Crippen molar-refractivity contribution in [3.05, 3.63) is 35.9 Å². The van der Waals surface area contributed by atoms with Gasteiger partial charge in [-0.15, -0.1) is 0 Å². The Bertz CT molecular complexity index is 724. The number of hydrogen-bond donors (Lipinski definition) is 4. The van der Waals surface area contributed by atoms with Crippen molar-refractivity contribution in [1.29, 1.82) is 0 Å². The second-order valence-electron chi connectivity index (χ2n) is 9.05. The molecule has 0 aliphatic rings. The summed E-state index contributed by atoms with van der Waals surface area (Å²) in [4.78, 5) is 37.6. The molecule has 0 aliphatic heterocycles. The highest BCUT2D eigenvalue weighted by molar-refractivity contribution is 5.91. The van der Waals surface area contributed by atoms with Crippen LogP contribution in [0.4, 0.5) is 0 Å².